The number of anilines is 1. The van der Waals surface area contributed by atoms with E-state index < -0.39 is 13.3 Å². The number of hydrogen-bond donors (Lipinski definition) is 3. The highest BCUT2D eigenvalue weighted by molar-refractivity contribution is 8.76. The Hall–Kier alpha value is -2.30. The summed E-state index contributed by atoms with van der Waals surface area (Å²) in [5, 5.41) is 5.82. The molecular formula is C33H50N3O6PS2. The van der Waals surface area contributed by atoms with Gasteiger partial charge in [-0.3, -0.25) is 18.9 Å². The Balaban J connectivity index is 1.55. The first kappa shape index (κ1) is 38.9. The van der Waals surface area contributed by atoms with E-state index >= 15 is 0 Å². The summed E-state index contributed by atoms with van der Waals surface area (Å²) in [6, 6.07) is 15.8. The van der Waals surface area contributed by atoms with E-state index in [0.29, 0.717) is 37.6 Å². The highest BCUT2D eigenvalue weighted by Crippen LogP contribution is 2.47. The van der Waals surface area contributed by atoms with Gasteiger partial charge in [-0.25, -0.2) is 0 Å². The molecule has 0 aliphatic heterocycles. The SMILES string of the molecule is Cc1ccccc1CN(C(=O)CCC(=O)NCCSSCCC(=O)NCCCCCCOP(=O)(O)C(C)C)c1ccccc1C. The molecular weight excluding hydrogens is 629 g/mol. The minimum absolute atomic E-state index is 0.0183. The fourth-order valence-electron chi connectivity index (χ4n) is 4.30. The van der Waals surface area contributed by atoms with Crippen molar-refractivity contribution in [3.05, 3.63) is 65.2 Å². The Morgan fingerprint density at radius 3 is 2.16 bits per heavy atom. The summed E-state index contributed by atoms with van der Waals surface area (Å²) in [4.78, 5) is 49.2. The van der Waals surface area contributed by atoms with Crippen LogP contribution in [-0.2, 0) is 30.0 Å². The standard InChI is InChI=1S/C33H50N3O6PS2/c1-26(2)43(40,41)42-22-12-6-5-11-20-34-32(38)19-23-44-45-24-21-35-31(37)17-18-33(39)36(30-16-10-8-14-28(30)4)25-29-15-9-7-13-27(29)3/h7-10,13-16,26H,5-6,11-12,17-25H2,1-4H3,(H,34,38)(H,35,37)(H,40,41). The Kier molecular flexibility index (Phi) is 18.6. The Morgan fingerprint density at radius 2 is 1.44 bits per heavy atom. The van der Waals surface area contributed by atoms with Gasteiger partial charge in [0.15, 0.2) is 0 Å². The van der Waals surface area contributed by atoms with Gasteiger partial charge in [0.05, 0.1) is 18.8 Å². The second-order valence-electron chi connectivity index (χ2n) is 11.2. The molecule has 0 saturated carbocycles. The Morgan fingerprint density at radius 1 is 0.822 bits per heavy atom. The number of unbranched alkanes of at least 4 members (excludes halogenated alkanes) is 3. The summed E-state index contributed by atoms with van der Waals surface area (Å²) in [5.74, 6) is 1.18. The monoisotopic (exact) mass is 679 g/mol. The molecule has 0 heterocycles. The van der Waals surface area contributed by atoms with Gasteiger partial charge in [0.25, 0.3) is 0 Å². The van der Waals surface area contributed by atoms with E-state index in [2.05, 4.69) is 10.6 Å². The topological polar surface area (TPSA) is 125 Å². The number of amides is 3. The average molecular weight is 680 g/mol. The molecule has 0 spiro atoms. The van der Waals surface area contributed by atoms with Crippen molar-refractivity contribution in [3.63, 3.8) is 0 Å². The van der Waals surface area contributed by atoms with Crippen LogP contribution in [0.25, 0.3) is 0 Å². The maximum atomic E-state index is 13.3. The summed E-state index contributed by atoms with van der Waals surface area (Å²) in [6.45, 7) is 9.21. The zero-order valence-corrected chi connectivity index (χ0v) is 29.6. The van der Waals surface area contributed by atoms with Gasteiger partial charge in [-0.2, -0.15) is 0 Å². The lowest BCUT2D eigenvalue weighted by atomic mass is 10.1. The van der Waals surface area contributed by atoms with Crippen LogP contribution in [0.3, 0.4) is 0 Å². The van der Waals surface area contributed by atoms with E-state index in [-0.39, 0.29) is 37.2 Å². The number of nitrogens with one attached hydrogen (secondary N) is 2. The molecule has 9 nitrogen and oxygen atoms in total. The largest absolute Gasteiger partial charge is 0.356 e. The predicted molar refractivity (Wildman–Crippen MR) is 188 cm³/mol. The molecule has 3 N–H and O–H groups in total. The van der Waals surface area contributed by atoms with Crippen LogP contribution in [0.5, 0.6) is 0 Å². The molecule has 2 aromatic carbocycles. The van der Waals surface area contributed by atoms with Crippen molar-refractivity contribution in [2.75, 3.05) is 36.1 Å². The maximum absolute atomic E-state index is 13.3. The van der Waals surface area contributed by atoms with Gasteiger partial charge in [-0.15, -0.1) is 0 Å². The number of rotatable bonds is 22. The molecule has 45 heavy (non-hydrogen) atoms. The average Bonchev–Trinajstić information content (AvgIpc) is 3.00. The summed E-state index contributed by atoms with van der Waals surface area (Å²) >= 11 is 0. The lowest BCUT2D eigenvalue weighted by Gasteiger charge is -2.25. The molecule has 12 heteroatoms. The van der Waals surface area contributed by atoms with E-state index in [1.807, 2.05) is 62.4 Å². The zero-order valence-electron chi connectivity index (χ0n) is 27.1. The first-order valence-corrected chi connectivity index (χ1v) is 19.8. The Bertz CT molecular complexity index is 1260. The van der Waals surface area contributed by atoms with E-state index in [0.717, 1.165) is 48.1 Å². The van der Waals surface area contributed by atoms with Gasteiger partial charge in [-0.05, 0) is 49.4 Å². The van der Waals surface area contributed by atoms with Gasteiger partial charge in [0.1, 0.15) is 0 Å². The molecule has 2 rings (SSSR count). The van der Waals surface area contributed by atoms with Crippen LogP contribution in [-0.4, -0.2) is 59.5 Å². The number of benzene rings is 2. The highest BCUT2D eigenvalue weighted by Gasteiger charge is 2.23. The molecule has 1 unspecified atom stereocenters. The summed E-state index contributed by atoms with van der Waals surface area (Å²) in [6.07, 6.45) is 4.07. The van der Waals surface area contributed by atoms with E-state index in [4.69, 9.17) is 4.52 Å². The lowest BCUT2D eigenvalue weighted by molar-refractivity contribution is -0.125. The molecule has 0 fully saturated rings. The summed E-state index contributed by atoms with van der Waals surface area (Å²) in [5.41, 5.74) is 3.66. The third-order valence-corrected chi connectivity index (χ3v) is 11.5. The molecule has 3 amide bonds. The van der Waals surface area contributed by atoms with Crippen molar-refractivity contribution in [2.45, 2.75) is 84.8 Å². The predicted octanol–water partition coefficient (Wildman–Crippen LogP) is 6.79. The molecule has 2 aromatic rings. The third-order valence-electron chi connectivity index (χ3n) is 7.19. The third kappa shape index (κ3) is 15.7. The lowest BCUT2D eigenvalue weighted by Crippen LogP contribution is -2.33. The van der Waals surface area contributed by atoms with Crippen LogP contribution in [0.15, 0.2) is 48.5 Å². The number of nitrogens with zero attached hydrogens (tertiary/aromatic N) is 1. The molecule has 0 radical (unpaired) electrons. The summed E-state index contributed by atoms with van der Waals surface area (Å²) < 4.78 is 16.8. The van der Waals surface area contributed by atoms with Crippen LogP contribution in [0.1, 0.15) is 75.5 Å². The second kappa shape index (κ2) is 21.5. The Labute approximate surface area is 277 Å². The van der Waals surface area contributed by atoms with Crippen LogP contribution >= 0.6 is 29.2 Å². The van der Waals surface area contributed by atoms with Crippen molar-refractivity contribution in [1.29, 1.82) is 0 Å². The van der Waals surface area contributed by atoms with E-state index in [1.54, 1.807) is 40.3 Å². The molecule has 0 saturated heterocycles. The van der Waals surface area contributed by atoms with Gasteiger partial charge in [0, 0.05) is 49.5 Å². The smallest absolute Gasteiger partial charge is 0.330 e. The van der Waals surface area contributed by atoms with Crippen molar-refractivity contribution >= 4 is 52.6 Å². The van der Waals surface area contributed by atoms with Crippen LogP contribution in [0.4, 0.5) is 5.69 Å². The minimum atomic E-state index is -3.49. The molecule has 1 atom stereocenters. The summed E-state index contributed by atoms with van der Waals surface area (Å²) in [7, 11) is -0.279. The van der Waals surface area contributed by atoms with Crippen LogP contribution in [0, 0.1) is 13.8 Å². The van der Waals surface area contributed by atoms with Crippen LogP contribution < -0.4 is 15.5 Å². The van der Waals surface area contributed by atoms with Crippen molar-refractivity contribution in [2.24, 2.45) is 0 Å². The van der Waals surface area contributed by atoms with Gasteiger partial charge in [0.2, 0.25) is 17.7 Å². The molecule has 0 bridgehead atoms. The number of carbonyl (C=O) groups is 3. The fourth-order valence-corrected chi connectivity index (χ4v) is 6.89. The first-order valence-electron chi connectivity index (χ1n) is 15.7. The van der Waals surface area contributed by atoms with Crippen molar-refractivity contribution in [3.8, 4) is 0 Å². The van der Waals surface area contributed by atoms with E-state index in [9.17, 15) is 23.8 Å². The first-order chi connectivity index (χ1) is 21.5. The molecule has 0 aromatic heterocycles. The number of para-hydroxylation sites is 1. The maximum Gasteiger partial charge on any atom is 0.330 e. The van der Waals surface area contributed by atoms with Crippen LogP contribution in [0.2, 0.25) is 0 Å². The molecule has 250 valence electrons. The molecule has 0 aliphatic carbocycles. The second-order valence-corrected chi connectivity index (χ2v) is 16.3. The quantitative estimate of drug-likeness (QED) is 0.0706. The number of carbonyl (C=O) groups excluding carboxylic acids is 3. The highest BCUT2D eigenvalue weighted by atomic mass is 33.1. The fraction of sp³-hybridized carbons (Fsp3) is 0.545. The minimum Gasteiger partial charge on any atom is -0.356 e. The normalized spacial score (nSPS) is 12.5. The van der Waals surface area contributed by atoms with E-state index in [1.165, 1.54) is 0 Å². The van der Waals surface area contributed by atoms with Gasteiger partial charge < -0.3 is 25.0 Å². The van der Waals surface area contributed by atoms with Gasteiger partial charge in [-0.1, -0.05) is 90.7 Å². The number of hydrogen-bond acceptors (Lipinski definition) is 7. The molecule has 0 aliphatic rings. The zero-order chi connectivity index (χ0) is 33.1. The van der Waals surface area contributed by atoms with Crippen molar-refractivity contribution < 1.29 is 28.4 Å². The van der Waals surface area contributed by atoms with Crippen molar-refractivity contribution in [1.82, 2.24) is 10.6 Å². The van der Waals surface area contributed by atoms with Gasteiger partial charge >= 0.3 is 7.60 Å². The number of aryl methyl sites for hydroxylation is 2.